The van der Waals surface area contributed by atoms with Gasteiger partial charge in [-0.2, -0.15) is 0 Å². The Morgan fingerprint density at radius 2 is 1.86 bits per heavy atom. The number of hydrogen-bond acceptors (Lipinski definition) is 6. The number of aryl methyl sites for hydroxylation is 2. The monoisotopic (exact) mass is 451 g/mol. The third-order valence-corrected chi connectivity index (χ3v) is 8.15. The molecule has 1 aliphatic rings. The molecule has 0 amide bonds. The summed E-state index contributed by atoms with van der Waals surface area (Å²) in [5, 5.41) is 9.82. The first-order valence-electron chi connectivity index (χ1n) is 9.47. The Balaban J connectivity index is 1.58. The molecule has 1 N–H and O–H groups in total. The molecule has 1 fully saturated rings. The number of thioether (sulfide) groups is 1. The lowest BCUT2D eigenvalue weighted by Gasteiger charge is -2.31. The molecule has 1 aromatic carbocycles. The molecule has 3 aromatic rings. The summed E-state index contributed by atoms with van der Waals surface area (Å²) in [5.41, 5.74) is 1.90. The van der Waals surface area contributed by atoms with Crippen LogP contribution in [-0.2, 0) is 10.0 Å². The number of rotatable bonds is 5. The molecule has 2 atom stereocenters. The topological polar surface area (TPSA) is 89.2 Å². The zero-order valence-corrected chi connectivity index (χ0v) is 18.6. The van der Waals surface area contributed by atoms with Gasteiger partial charge in [0, 0.05) is 27.7 Å². The van der Waals surface area contributed by atoms with Gasteiger partial charge in [-0.15, -0.1) is 10.2 Å². The molecule has 0 spiro atoms. The summed E-state index contributed by atoms with van der Waals surface area (Å²) < 4.78 is 30.5. The molecule has 0 saturated heterocycles. The van der Waals surface area contributed by atoms with Crippen molar-refractivity contribution in [2.45, 2.75) is 60.9 Å². The van der Waals surface area contributed by atoms with Crippen molar-refractivity contribution in [3.63, 3.8) is 0 Å². The fraction of sp³-hybridized carbons (Fsp3) is 0.421. The van der Waals surface area contributed by atoms with Gasteiger partial charge < -0.3 is 0 Å². The Morgan fingerprint density at radius 1 is 1.14 bits per heavy atom. The van der Waals surface area contributed by atoms with Crippen LogP contribution in [0, 0.1) is 13.8 Å². The molecule has 10 heteroatoms. The zero-order chi connectivity index (χ0) is 20.6. The maximum Gasteiger partial charge on any atom is 0.256 e. The van der Waals surface area contributed by atoms with E-state index in [2.05, 4.69) is 19.9 Å². The minimum atomic E-state index is -3.62. The fourth-order valence-electron chi connectivity index (χ4n) is 3.67. The molecule has 1 aliphatic carbocycles. The second-order valence-corrected chi connectivity index (χ2v) is 10.6. The van der Waals surface area contributed by atoms with Crippen molar-refractivity contribution in [2.75, 3.05) is 0 Å². The Bertz CT molecular complexity index is 1130. The van der Waals surface area contributed by atoms with E-state index in [0.717, 1.165) is 42.2 Å². The van der Waals surface area contributed by atoms with E-state index in [1.54, 1.807) is 23.9 Å². The normalized spacial score (nSPS) is 20.2. The van der Waals surface area contributed by atoms with Gasteiger partial charge in [0.15, 0.2) is 5.16 Å². The van der Waals surface area contributed by atoms with Crippen molar-refractivity contribution < 1.29 is 8.42 Å². The molecule has 2 aromatic heterocycles. The first-order valence-corrected chi connectivity index (χ1v) is 12.2. The van der Waals surface area contributed by atoms with Gasteiger partial charge in [-0.3, -0.25) is 4.40 Å². The zero-order valence-electron chi connectivity index (χ0n) is 16.2. The van der Waals surface area contributed by atoms with Gasteiger partial charge >= 0.3 is 0 Å². The number of nitrogens with zero attached hydrogens (tertiary/aromatic N) is 4. The Morgan fingerprint density at radius 3 is 2.62 bits per heavy atom. The number of benzene rings is 1. The first-order chi connectivity index (χ1) is 13.8. The van der Waals surface area contributed by atoms with E-state index in [4.69, 9.17) is 11.6 Å². The average Bonchev–Trinajstić information content (AvgIpc) is 3.06. The Hall–Kier alpha value is -1.68. The number of nitrogens with one attached hydrogen (secondary N) is 1. The fourth-order valence-corrected chi connectivity index (χ4v) is 6.53. The number of hydrogen-bond donors (Lipinski definition) is 1. The van der Waals surface area contributed by atoms with Gasteiger partial charge in [0.2, 0.25) is 10.0 Å². The molecule has 1 saturated carbocycles. The third kappa shape index (κ3) is 4.42. The van der Waals surface area contributed by atoms with E-state index in [-0.39, 0.29) is 16.2 Å². The van der Waals surface area contributed by atoms with E-state index in [0.29, 0.717) is 10.8 Å². The highest BCUT2D eigenvalue weighted by Crippen LogP contribution is 2.34. The van der Waals surface area contributed by atoms with Gasteiger partial charge in [0.25, 0.3) is 5.78 Å². The largest absolute Gasteiger partial charge is 0.259 e. The molecule has 2 heterocycles. The Labute approximate surface area is 179 Å². The highest BCUT2D eigenvalue weighted by atomic mass is 35.5. The summed E-state index contributed by atoms with van der Waals surface area (Å²) in [6, 6.07) is 8.03. The minimum Gasteiger partial charge on any atom is -0.259 e. The predicted molar refractivity (Wildman–Crippen MR) is 114 cm³/mol. The third-order valence-electron chi connectivity index (χ3n) is 5.05. The lowest BCUT2D eigenvalue weighted by molar-refractivity contribution is 0.422. The highest BCUT2D eigenvalue weighted by molar-refractivity contribution is 7.99. The van der Waals surface area contributed by atoms with Crippen LogP contribution in [0.1, 0.15) is 37.1 Å². The van der Waals surface area contributed by atoms with Crippen LogP contribution in [0.4, 0.5) is 0 Å². The van der Waals surface area contributed by atoms with Crippen molar-refractivity contribution >= 4 is 39.2 Å². The summed E-state index contributed by atoms with van der Waals surface area (Å²) in [6.07, 6.45) is 3.75. The number of halogens is 1. The molecule has 0 bridgehead atoms. The van der Waals surface area contributed by atoms with E-state index >= 15 is 0 Å². The predicted octanol–water partition coefficient (Wildman–Crippen LogP) is 3.78. The van der Waals surface area contributed by atoms with Gasteiger partial charge in [-0.05, 0) is 57.0 Å². The average molecular weight is 452 g/mol. The molecular weight excluding hydrogens is 430 g/mol. The van der Waals surface area contributed by atoms with Crippen LogP contribution in [-0.4, -0.2) is 39.3 Å². The van der Waals surface area contributed by atoms with Gasteiger partial charge in [0.1, 0.15) is 0 Å². The van der Waals surface area contributed by atoms with E-state index in [9.17, 15) is 8.42 Å². The van der Waals surface area contributed by atoms with Crippen LogP contribution in [0.15, 0.2) is 40.4 Å². The number of sulfonamides is 1. The van der Waals surface area contributed by atoms with Crippen LogP contribution >= 0.6 is 23.4 Å². The highest BCUT2D eigenvalue weighted by Gasteiger charge is 2.31. The summed E-state index contributed by atoms with van der Waals surface area (Å²) in [4.78, 5) is 4.65. The molecule has 154 valence electrons. The summed E-state index contributed by atoms with van der Waals surface area (Å²) in [6.45, 7) is 3.92. The number of aromatic nitrogens is 4. The number of fused-ring (bicyclic) bond motifs is 1. The second-order valence-electron chi connectivity index (χ2n) is 7.28. The first kappa shape index (κ1) is 20.6. The smallest absolute Gasteiger partial charge is 0.256 e. The van der Waals surface area contributed by atoms with Crippen molar-refractivity contribution in [1.82, 2.24) is 24.3 Å². The molecule has 0 unspecified atom stereocenters. The maximum absolute atomic E-state index is 12.9. The van der Waals surface area contributed by atoms with Gasteiger partial charge in [-0.25, -0.2) is 18.1 Å². The molecular formula is C19H22ClN5O2S2. The molecule has 7 nitrogen and oxygen atoms in total. The van der Waals surface area contributed by atoms with Crippen molar-refractivity contribution in [2.24, 2.45) is 0 Å². The van der Waals surface area contributed by atoms with E-state index < -0.39 is 10.0 Å². The quantitative estimate of drug-likeness (QED) is 0.635. The van der Waals surface area contributed by atoms with E-state index in [1.165, 1.54) is 12.1 Å². The SMILES string of the molecule is Cc1cc(C)n2c(S[C@H]3CCCC[C@H]3NS(=O)(=O)c3ccc(Cl)cc3)nnc2n1. The van der Waals surface area contributed by atoms with E-state index in [1.807, 2.05) is 24.3 Å². The summed E-state index contributed by atoms with van der Waals surface area (Å²) in [7, 11) is -3.62. The van der Waals surface area contributed by atoms with Crippen molar-refractivity contribution in [1.29, 1.82) is 0 Å². The summed E-state index contributed by atoms with van der Waals surface area (Å²) >= 11 is 7.46. The van der Waals surface area contributed by atoms with Crippen LogP contribution < -0.4 is 4.72 Å². The van der Waals surface area contributed by atoms with Gasteiger partial charge in [0.05, 0.1) is 4.90 Å². The standard InChI is InChI=1S/C19H22ClN5O2S2/c1-12-11-13(2)25-18(21-12)22-23-19(25)28-17-6-4-3-5-16(17)24-29(26,27)15-9-7-14(20)8-10-15/h7-11,16-17,24H,3-6H2,1-2H3/t16-,17+/m1/s1. The Kier molecular flexibility index (Phi) is 5.83. The molecule has 29 heavy (non-hydrogen) atoms. The van der Waals surface area contributed by atoms with Crippen LogP contribution in [0.25, 0.3) is 5.78 Å². The van der Waals surface area contributed by atoms with Crippen LogP contribution in [0.3, 0.4) is 0 Å². The molecule has 0 radical (unpaired) electrons. The summed E-state index contributed by atoms with van der Waals surface area (Å²) in [5.74, 6) is 0.569. The van der Waals surface area contributed by atoms with Gasteiger partial charge in [-0.1, -0.05) is 36.2 Å². The maximum atomic E-state index is 12.9. The molecule has 4 rings (SSSR count). The second kappa shape index (κ2) is 8.22. The van der Waals surface area contributed by atoms with Crippen LogP contribution in [0.2, 0.25) is 5.02 Å². The molecule has 0 aliphatic heterocycles. The lowest BCUT2D eigenvalue weighted by atomic mass is 9.96. The van der Waals surface area contributed by atoms with Crippen molar-refractivity contribution in [3.05, 3.63) is 46.7 Å². The minimum absolute atomic E-state index is 0.0685. The van der Waals surface area contributed by atoms with Crippen molar-refractivity contribution in [3.8, 4) is 0 Å². The lowest BCUT2D eigenvalue weighted by Crippen LogP contribution is -2.43. The van der Waals surface area contributed by atoms with Crippen LogP contribution in [0.5, 0.6) is 0 Å².